The Kier molecular flexibility index (Phi) is 61.1. The monoisotopic (exact) mass is 1800 g/mol. The molecule has 0 aliphatic rings. The molecule has 0 radical (unpaired) electrons. The summed E-state index contributed by atoms with van der Waals surface area (Å²) in [6.45, 7) is 49.5. The molecule has 13 N–H and O–H groups in total. The van der Waals surface area contributed by atoms with Crippen LogP contribution >= 0.6 is 0 Å². The van der Waals surface area contributed by atoms with E-state index in [0.717, 1.165) is 12.8 Å². The average Bonchev–Trinajstić information content (AvgIpc) is 0.880. The van der Waals surface area contributed by atoms with Crippen LogP contribution in [0.2, 0.25) is 0 Å². The zero-order chi connectivity index (χ0) is 98.9. The molecule has 9 amide bonds. The summed E-state index contributed by atoms with van der Waals surface area (Å²) in [7, 11) is 1.57. The fourth-order valence-corrected chi connectivity index (χ4v) is 10.0. The van der Waals surface area contributed by atoms with E-state index in [1.54, 1.807) is 166 Å². The Labute approximate surface area is 743 Å². The minimum Gasteiger partial charge on any atom is -0.481 e. The van der Waals surface area contributed by atoms with Gasteiger partial charge in [-0.3, -0.25) is 28.4 Å². The maximum Gasteiger partial charge on any atom is 0.408 e. The summed E-state index contributed by atoms with van der Waals surface area (Å²) < 4.78 is 71.5. The summed E-state index contributed by atoms with van der Waals surface area (Å²) in [6.07, 6.45) is 2.96. The molecule has 0 rings (SSSR count). The number of halogens is 1. The summed E-state index contributed by atoms with van der Waals surface area (Å²) in [5.74, 6) is -5.53. The highest BCUT2D eigenvalue weighted by Crippen LogP contribution is 2.22. The lowest BCUT2D eigenvalue weighted by Crippen LogP contribution is -2.44. The number of nitrogens with two attached hydrogens (primary N) is 1. The number of ketones is 2. The van der Waals surface area contributed by atoms with E-state index in [2.05, 4.69) is 52.6 Å². The number of esters is 2. The number of unbranched alkanes of at least 4 members (excludes halogenated alkanes) is 6. The molecule has 38 nitrogen and oxygen atoms in total. The van der Waals surface area contributed by atoms with Crippen molar-refractivity contribution >= 4 is 90.3 Å². The van der Waals surface area contributed by atoms with Gasteiger partial charge in [-0.15, -0.1) is 0 Å². The van der Waals surface area contributed by atoms with Crippen molar-refractivity contribution in [2.24, 2.45) is 17.6 Å². The molecule has 0 aromatic carbocycles. The quantitative estimate of drug-likeness (QED) is 0.0153. The lowest BCUT2D eigenvalue weighted by Gasteiger charge is -2.24. The van der Waals surface area contributed by atoms with Gasteiger partial charge in [0.25, 0.3) is 0 Å². The van der Waals surface area contributed by atoms with Crippen LogP contribution in [0.25, 0.3) is 0 Å². The number of ether oxygens (including phenoxy) is 11. The van der Waals surface area contributed by atoms with Crippen molar-refractivity contribution in [3.05, 3.63) is 0 Å². The summed E-state index contributed by atoms with van der Waals surface area (Å²) in [5, 5.41) is 42.2. The smallest absolute Gasteiger partial charge is 0.408 e. The van der Waals surface area contributed by atoms with Gasteiger partial charge >= 0.3 is 78.7 Å². The lowest BCUT2D eigenvalue weighted by molar-refractivity contribution is -0.147. The number of hydrogen-bond acceptors (Lipinski definition) is 27. The average molecular weight is 1800 g/mol. The zero-order valence-electron chi connectivity index (χ0n) is 81.5. The number of carboxylic acids is 2. The molecule has 0 fully saturated rings. The van der Waals surface area contributed by atoms with Crippen molar-refractivity contribution in [1.29, 1.82) is 0 Å². The van der Waals surface area contributed by atoms with Crippen molar-refractivity contribution < 1.29 is 140 Å². The lowest BCUT2D eigenvalue weighted by atomic mass is 9.92. The largest absolute Gasteiger partial charge is 0.481 e. The third kappa shape index (κ3) is 83.8. The van der Waals surface area contributed by atoms with Crippen LogP contribution in [0.5, 0.6) is 0 Å². The van der Waals surface area contributed by atoms with E-state index in [4.69, 9.17) is 59.6 Å². The standard InChI is InChI=1S/C29H53N3O9.C28H51N3O9.C16H30N2O6.C12H24N2O4.CH3F/c1-27(2,3)39-24(35)30-17-13-11-15-20(23(34)38-10)19-22(33)21(32-26(37)41-29(7,8)9)16-12-14-18-31-25(36)40-28(4,5)6;1-26(2,3)38-23(35)29-16-12-10-14-19(22(33)34)18-21(32)20(31-25(37)40-28(7,8)9)15-11-13-17-30-24(36)39-27(4,5)6;1-15(2,3)23-13(21)17-10-8-7-9-11(12(19)20)18-14(22)24-16(4,5)6;1-12(2,3)18-11(16)14-8-6-5-7-9(13)10(15)17-4;1-2/h20-21H,11-19H2,1-10H3,(H,30,35)(H,31,36)(H,32,37);19-20H,10-18H2,1-9H3,(H,29,35)(H,30,36)(H,31,37)(H,33,34);11H,7-10H2,1-6H3,(H,17,21)(H,18,22)(H,19,20);9H,5-8,13H2,1-4H3,(H,14,16);1H3/i;;;;1D. The molecule has 730 valence electrons. The maximum absolute atomic E-state index is 13.3. The summed E-state index contributed by atoms with van der Waals surface area (Å²) >= 11 is 0. The Morgan fingerprint density at radius 1 is 0.288 bits per heavy atom. The zero-order valence-corrected chi connectivity index (χ0v) is 80.5. The predicted molar refractivity (Wildman–Crippen MR) is 469 cm³/mol. The SMILES string of the molecule is CC(C)(C)OC(=O)NCCCCC(CC(=O)C(CCCCNC(=O)OC(C)(C)C)NC(=O)OC(C)(C)C)C(=O)O.CC(C)(C)OC(=O)NCCCCC(NC(=O)OC(C)(C)C)C(=O)O.COC(=O)C(CCCCNC(=O)OC(C)(C)C)CC(=O)C(CCCCNC(=O)OC(C)(C)C)NC(=O)OC(C)(C)C.COC(=O)C(N)CCCCNC(=O)OC(C)(C)C.[2H]CF. The summed E-state index contributed by atoms with van der Waals surface area (Å²) in [4.78, 5) is 179. The molecule has 0 aromatic rings. The molecule has 6 atom stereocenters. The van der Waals surface area contributed by atoms with Gasteiger partial charge in [-0.1, -0.05) is 12.8 Å². The Balaban J connectivity index is -0.000000534. The van der Waals surface area contributed by atoms with Gasteiger partial charge in [-0.25, -0.2) is 47.9 Å². The number of alkyl carbamates (subject to hydrolysis) is 9. The highest BCUT2D eigenvalue weighted by molar-refractivity contribution is 5.91. The van der Waals surface area contributed by atoms with Crippen molar-refractivity contribution in [1.82, 2.24) is 47.9 Å². The third-order valence-electron chi connectivity index (χ3n) is 15.1. The second-order valence-corrected chi connectivity index (χ2v) is 38.2. The molecule has 0 heterocycles. The molecule has 0 saturated carbocycles. The van der Waals surface area contributed by atoms with Crippen LogP contribution in [-0.4, -0.2) is 236 Å². The molecular weight excluding hydrogens is 1640 g/mol. The first-order valence-electron chi connectivity index (χ1n) is 43.2. The van der Waals surface area contributed by atoms with Crippen molar-refractivity contribution in [3.8, 4) is 0 Å². The fraction of sp³-hybridized carbons (Fsp3) is 0.826. The molecular formula is C86H161FN10O28. The van der Waals surface area contributed by atoms with E-state index in [0.29, 0.717) is 123 Å². The van der Waals surface area contributed by atoms with Gasteiger partial charge in [0, 0.05) is 52.1 Å². The number of Topliss-reactive ketones (excluding diaryl/α,β-unsaturated/α-hetero) is 2. The molecule has 0 aromatic heterocycles. The summed E-state index contributed by atoms with van der Waals surface area (Å²) in [6, 6.07) is -3.43. The number of carboxylic acid groups (broad SMARTS) is 2. The molecule has 0 spiro atoms. The highest BCUT2D eigenvalue weighted by Gasteiger charge is 2.33. The Morgan fingerprint density at radius 2 is 0.480 bits per heavy atom. The van der Waals surface area contributed by atoms with Gasteiger partial charge in [0.2, 0.25) is 0 Å². The first-order chi connectivity index (χ1) is 57.4. The molecule has 125 heavy (non-hydrogen) atoms. The van der Waals surface area contributed by atoms with Crippen molar-refractivity contribution in [2.45, 2.75) is 390 Å². The second kappa shape index (κ2) is 62.6. The van der Waals surface area contributed by atoms with Crippen LogP contribution in [0.3, 0.4) is 0 Å². The number of carbonyl (C=O) groups excluding carboxylic acids is 13. The predicted octanol–water partition coefficient (Wildman–Crippen LogP) is 14.4. The number of methoxy groups -OCH3 is 2. The van der Waals surface area contributed by atoms with Crippen LogP contribution < -0.4 is 53.6 Å². The molecule has 6 unspecified atom stereocenters. The van der Waals surface area contributed by atoms with Crippen LogP contribution in [-0.2, 0) is 80.9 Å². The van der Waals surface area contributed by atoms with Gasteiger partial charge in [-0.05, 0) is 290 Å². The maximum atomic E-state index is 13.3. The van der Waals surface area contributed by atoms with E-state index >= 15 is 0 Å². The first kappa shape index (κ1) is 122. The minimum atomic E-state index is -1.12. The molecule has 0 bridgehead atoms. The van der Waals surface area contributed by atoms with Crippen LogP contribution in [0.15, 0.2) is 0 Å². The van der Waals surface area contributed by atoms with Crippen molar-refractivity contribution in [3.63, 3.8) is 0 Å². The highest BCUT2D eigenvalue weighted by atomic mass is 19.1. The topological polar surface area (TPSA) is 532 Å². The molecule has 0 saturated heterocycles. The summed E-state index contributed by atoms with van der Waals surface area (Å²) in [5.41, 5.74) is -0.133. The van der Waals surface area contributed by atoms with E-state index < -0.39 is 178 Å². The number of amides is 9. The van der Waals surface area contributed by atoms with E-state index in [-0.39, 0.29) is 37.9 Å². The van der Waals surface area contributed by atoms with Gasteiger partial charge in [0.15, 0.2) is 11.6 Å². The number of nitrogens with one attached hydrogen (secondary N) is 9. The van der Waals surface area contributed by atoms with Crippen molar-refractivity contribution in [2.75, 3.05) is 60.6 Å². The number of rotatable bonds is 43. The number of carbonyl (C=O) groups is 15. The molecule has 0 aliphatic carbocycles. The fourth-order valence-electron chi connectivity index (χ4n) is 10.0. The number of alkyl halides is 1. The first-order valence-corrected chi connectivity index (χ1v) is 42.5. The van der Waals surface area contributed by atoms with Gasteiger partial charge < -0.3 is 116 Å². The number of hydrogen-bond donors (Lipinski definition) is 12. The van der Waals surface area contributed by atoms with E-state index in [1.165, 1.54) is 14.2 Å². The van der Waals surface area contributed by atoms with E-state index in [9.17, 15) is 81.4 Å². The Hall–Kier alpha value is -9.46. The Bertz CT molecular complexity index is 3230. The van der Waals surface area contributed by atoms with Crippen LogP contribution in [0, 0.1) is 11.8 Å². The van der Waals surface area contributed by atoms with E-state index in [1.807, 2.05) is 20.8 Å². The van der Waals surface area contributed by atoms with Gasteiger partial charge in [0.05, 0.1) is 46.7 Å². The normalized spacial score (nSPS) is 13.1. The second-order valence-electron chi connectivity index (χ2n) is 38.2. The van der Waals surface area contributed by atoms with Gasteiger partial charge in [0.1, 0.15) is 62.5 Å². The van der Waals surface area contributed by atoms with Gasteiger partial charge in [-0.2, -0.15) is 0 Å². The third-order valence-corrected chi connectivity index (χ3v) is 15.1. The van der Waals surface area contributed by atoms with Crippen LogP contribution in [0.1, 0.15) is 317 Å². The van der Waals surface area contributed by atoms with Crippen LogP contribution in [0.4, 0.5) is 47.5 Å². The minimum absolute atomic E-state index is 0.122. The molecule has 0 aliphatic heterocycles. The number of aliphatic carboxylic acids is 2. The Morgan fingerprint density at radius 3 is 0.696 bits per heavy atom. The molecule has 39 heteroatoms.